The third-order valence-electron chi connectivity index (χ3n) is 5.05. The van der Waals surface area contributed by atoms with Crippen LogP contribution in [0.3, 0.4) is 0 Å². The summed E-state index contributed by atoms with van der Waals surface area (Å²) >= 11 is 0. The lowest BCUT2D eigenvalue weighted by molar-refractivity contribution is 0.0366. The Bertz CT molecular complexity index is 259. The summed E-state index contributed by atoms with van der Waals surface area (Å²) in [5.74, 6) is 1.54. The molecule has 0 aliphatic heterocycles. The smallest absolute Gasteiger partial charge is 0.0488 e. The molecule has 0 aromatic heterocycles. The van der Waals surface area contributed by atoms with E-state index in [1.54, 1.807) is 0 Å². The molecule has 2 heteroatoms. The first-order valence-corrected chi connectivity index (χ1v) is 8.51. The van der Waals surface area contributed by atoms with Crippen molar-refractivity contribution in [1.82, 2.24) is 5.32 Å². The summed E-state index contributed by atoms with van der Waals surface area (Å²) in [6, 6.07) is 0. The highest BCUT2D eigenvalue weighted by atomic mass is 16.5. The molecule has 0 saturated heterocycles. The van der Waals surface area contributed by atoms with Crippen LogP contribution < -0.4 is 5.32 Å². The van der Waals surface area contributed by atoms with Crippen molar-refractivity contribution in [3.8, 4) is 0 Å². The zero-order chi connectivity index (χ0) is 15.2. The van der Waals surface area contributed by atoms with Gasteiger partial charge in [0.15, 0.2) is 0 Å². The van der Waals surface area contributed by atoms with E-state index in [1.165, 1.54) is 32.1 Å². The molecule has 1 rings (SSSR count). The molecule has 1 saturated carbocycles. The molecule has 2 nitrogen and oxygen atoms in total. The van der Waals surface area contributed by atoms with Crippen molar-refractivity contribution in [3.63, 3.8) is 0 Å². The molecule has 1 N–H and O–H groups in total. The second-order valence-corrected chi connectivity index (χ2v) is 8.39. The molecule has 20 heavy (non-hydrogen) atoms. The van der Waals surface area contributed by atoms with E-state index in [-0.39, 0.29) is 0 Å². The Labute approximate surface area is 127 Å². The van der Waals surface area contributed by atoms with Crippen LogP contribution in [0.4, 0.5) is 0 Å². The van der Waals surface area contributed by atoms with Crippen molar-refractivity contribution >= 4 is 0 Å². The van der Waals surface area contributed by atoms with Crippen LogP contribution >= 0.6 is 0 Å². The quantitative estimate of drug-likeness (QED) is 0.695. The molecule has 1 aliphatic rings. The van der Waals surface area contributed by atoms with E-state index in [0.29, 0.717) is 16.7 Å². The standard InChI is InChI=1S/C18H37NO/c1-15(2)13-20-12-11-18(14-19-6)9-7-16(8-10-18)17(3,4)5/h15-16,19H,7-14H2,1-6H3. The van der Waals surface area contributed by atoms with Gasteiger partial charge in [0.2, 0.25) is 0 Å². The minimum Gasteiger partial charge on any atom is -0.381 e. The number of nitrogens with one attached hydrogen (secondary N) is 1. The fourth-order valence-corrected chi connectivity index (χ4v) is 3.59. The molecule has 0 aromatic carbocycles. The lowest BCUT2D eigenvalue weighted by Gasteiger charge is -2.44. The first kappa shape index (κ1) is 18.0. The predicted molar refractivity (Wildman–Crippen MR) is 88.0 cm³/mol. The summed E-state index contributed by atoms with van der Waals surface area (Å²) in [5.41, 5.74) is 0.952. The van der Waals surface area contributed by atoms with Crippen molar-refractivity contribution < 1.29 is 4.74 Å². The monoisotopic (exact) mass is 283 g/mol. The van der Waals surface area contributed by atoms with Gasteiger partial charge < -0.3 is 10.1 Å². The number of hydrogen-bond acceptors (Lipinski definition) is 2. The molecule has 0 radical (unpaired) electrons. The molecule has 0 atom stereocenters. The molecule has 0 heterocycles. The van der Waals surface area contributed by atoms with Gasteiger partial charge in [0, 0.05) is 19.8 Å². The van der Waals surface area contributed by atoms with Gasteiger partial charge in [0.25, 0.3) is 0 Å². The molecule has 0 spiro atoms. The van der Waals surface area contributed by atoms with E-state index in [0.717, 1.165) is 25.7 Å². The fourth-order valence-electron chi connectivity index (χ4n) is 3.59. The van der Waals surface area contributed by atoms with Crippen LogP contribution in [-0.4, -0.2) is 26.8 Å². The van der Waals surface area contributed by atoms with Crippen LogP contribution in [0.15, 0.2) is 0 Å². The Kier molecular flexibility index (Phi) is 7.00. The maximum absolute atomic E-state index is 5.84. The van der Waals surface area contributed by atoms with E-state index in [9.17, 15) is 0 Å². The highest BCUT2D eigenvalue weighted by Gasteiger charge is 2.37. The highest BCUT2D eigenvalue weighted by Crippen LogP contribution is 2.46. The summed E-state index contributed by atoms with van der Waals surface area (Å²) in [4.78, 5) is 0. The largest absolute Gasteiger partial charge is 0.381 e. The summed E-state index contributed by atoms with van der Waals surface area (Å²) in [6.07, 6.45) is 6.71. The van der Waals surface area contributed by atoms with Crippen LogP contribution in [0.1, 0.15) is 66.7 Å². The molecule has 1 aliphatic carbocycles. The van der Waals surface area contributed by atoms with Gasteiger partial charge in [-0.15, -0.1) is 0 Å². The molecule has 0 bridgehead atoms. The van der Waals surface area contributed by atoms with Gasteiger partial charge in [-0.05, 0) is 61.8 Å². The third-order valence-corrected chi connectivity index (χ3v) is 5.05. The van der Waals surface area contributed by atoms with Crippen LogP contribution in [0.5, 0.6) is 0 Å². The number of rotatable bonds is 7. The Hall–Kier alpha value is -0.0800. The van der Waals surface area contributed by atoms with E-state index in [4.69, 9.17) is 4.74 Å². The number of hydrogen-bond donors (Lipinski definition) is 1. The van der Waals surface area contributed by atoms with E-state index in [2.05, 4.69) is 47.0 Å². The Morgan fingerprint density at radius 1 is 1.20 bits per heavy atom. The summed E-state index contributed by atoms with van der Waals surface area (Å²) < 4.78 is 5.84. The van der Waals surface area contributed by atoms with Gasteiger partial charge in [0.05, 0.1) is 0 Å². The lowest BCUT2D eigenvalue weighted by Crippen LogP contribution is -2.39. The van der Waals surface area contributed by atoms with Crippen molar-refractivity contribution in [1.29, 1.82) is 0 Å². The second-order valence-electron chi connectivity index (χ2n) is 8.39. The SMILES string of the molecule is CNCC1(CCOCC(C)C)CCC(C(C)(C)C)CC1. The average molecular weight is 284 g/mol. The van der Waals surface area contributed by atoms with Gasteiger partial charge in [-0.2, -0.15) is 0 Å². The average Bonchev–Trinajstić information content (AvgIpc) is 2.34. The molecule has 0 aromatic rings. The zero-order valence-electron chi connectivity index (χ0n) is 14.7. The Morgan fingerprint density at radius 2 is 1.80 bits per heavy atom. The van der Waals surface area contributed by atoms with Crippen LogP contribution in [-0.2, 0) is 4.74 Å². The van der Waals surface area contributed by atoms with Gasteiger partial charge in [-0.25, -0.2) is 0 Å². The molecular weight excluding hydrogens is 246 g/mol. The second kappa shape index (κ2) is 7.79. The maximum Gasteiger partial charge on any atom is 0.0488 e. The molecule has 120 valence electrons. The summed E-state index contributed by atoms with van der Waals surface area (Å²) in [7, 11) is 2.09. The summed E-state index contributed by atoms with van der Waals surface area (Å²) in [5, 5.41) is 3.43. The molecule has 1 fully saturated rings. The molecule has 0 unspecified atom stereocenters. The normalized spacial score (nSPS) is 28.1. The zero-order valence-corrected chi connectivity index (χ0v) is 14.7. The van der Waals surface area contributed by atoms with Crippen molar-refractivity contribution in [2.75, 3.05) is 26.8 Å². The van der Waals surface area contributed by atoms with Gasteiger partial charge >= 0.3 is 0 Å². The maximum atomic E-state index is 5.84. The number of ether oxygens (including phenoxy) is 1. The van der Waals surface area contributed by atoms with E-state index in [1.807, 2.05) is 0 Å². The fraction of sp³-hybridized carbons (Fsp3) is 1.00. The minimum atomic E-state index is 0.472. The third kappa shape index (κ3) is 5.73. The first-order valence-electron chi connectivity index (χ1n) is 8.51. The van der Waals surface area contributed by atoms with Crippen LogP contribution in [0, 0.1) is 22.7 Å². The van der Waals surface area contributed by atoms with Crippen molar-refractivity contribution in [2.24, 2.45) is 22.7 Å². The first-order chi connectivity index (χ1) is 9.29. The molecular formula is C18H37NO. The molecule has 0 amide bonds. The predicted octanol–water partition coefficient (Wildman–Crippen LogP) is 4.49. The van der Waals surface area contributed by atoms with Gasteiger partial charge in [-0.1, -0.05) is 34.6 Å². The van der Waals surface area contributed by atoms with Crippen LogP contribution in [0.25, 0.3) is 0 Å². The Balaban J connectivity index is 2.45. The summed E-state index contributed by atoms with van der Waals surface area (Å²) in [6.45, 7) is 14.6. The van der Waals surface area contributed by atoms with Crippen molar-refractivity contribution in [2.45, 2.75) is 66.7 Å². The highest BCUT2D eigenvalue weighted by molar-refractivity contribution is 4.90. The van der Waals surface area contributed by atoms with Crippen molar-refractivity contribution in [3.05, 3.63) is 0 Å². The van der Waals surface area contributed by atoms with Crippen LogP contribution in [0.2, 0.25) is 0 Å². The van der Waals surface area contributed by atoms with Gasteiger partial charge in [-0.3, -0.25) is 0 Å². The Morgan fingerprint density at radius 3 is 2.25 bits per heavy atom. The minimum absolute atomic E-state index is 0.472. The lowest BCUT2D eigenvalue weighted by atomic mass is 9.63. The van der Waals surface area contributed by atoms with Gasteiger partial charge in [0.1, 0.15) is 0 Å². The van der Waals surface area contributed by atoms with E-state index < -0.39 is 0 Å². The van der Waals surface area contributed by atoms with E-state index >= 15 is 0 Å². The topological polar surface area (TPSA) is 21.3 Å².